The highest BCUT2D eigenvalue weighted by Crippen LogP contribution is 2.27. The first-order chi connectivity index (χ1) is 8.76. The second-order valence-electron chi connectivity index (χ2n) is 6.21. The number of allylic oxidation sites excluding steroid dienone is 2. The van der Waals surface area contributed by atoms with Gasteiger partial charge in [-0.3, -0.25) is 4.79 Å². The lowest BCUT2D eigenvalue weighted by molar-refractivity contribution is -0.137. The number of carbonyl (C=O) groups excluding carboxylic acids is 2. The maximum absolute atomic E-state index is 12.6. The van der Waals surface area contributed by atoms with E-state index in [1.54, 1.807) is 0 Å². The first-order valence-electron chi connectivity index (χ1n) is 6.81. The normalized spacial score (nSPS) is 17.4. The van der Waals surface area contributed by atoms with E-state index in [1.807, 2.05) is 12.6 Å². The Bertz CT molecular complexity index is 439. The highest BCUT2D eigenvalue weighted by Gasteiger charge is 2.27. The van der Waals surface area contributed by atoms with E-state index in [2.05, 4.69) is 19.6 Å². The van der Waals surface area contributed by atoms with Crippen LogP contribution in [0.3, 0.4) is 0 Å². The predicted octanol–water partition coefficient (Wildman–Crippen LogP) is 3.42. The molecule has 0 amide bonds. The van der Waals surface area contributed by atoms with Crippen LogP contribution in [0, 0.1) is 0 Å². The molecule has 1 aliphatic rings. The van der Waals surface area contributed by atoms with Gasteiger partial charge < -0.3 is 4.74 Å². The largest absolute Gasteiger partial charge is 0.465 e. The Hall–Kier alpha value is -1.16. The summed E-state index contributed by atoms with van der Waals surface area (Å²) in [6, 6.07) is 0. The van der Waals surface area contributed by atoms with Crippen molar-refractivity contribution in [1.29, 1.82) is 0 Å². The Morgan fingerprint density at radius 1 is 1.16 bits per heavy atom. The molecule has 0 N–H and O–H groups in total. The van der Waals surface area contributed by atoms with Crippen LogP contribution < -0.4 is 0 Å². The lowest BCUT2D eigenvalue weighted by Gasteiger charge is -2.19. The average molecular weight is 280 g/mol. The van der Waals surface area contributed by atoms with Gasteiger partial charge in [0.25, 0.3) is 0 Å². The SMILES string of the molecule is COC(=O)/C(=C\[Si](C)(C)C)C(=O)C1=C(C)CCCC1. The number of rotatable bonds is 4. The van der Waals surface area contributed by atoms with E-state index in [0.717, 1.165) is 36.8 Å². The number of esters is 1. The molecular weight excluding hydrogens is 256 g/mol. The molecule has 19 heavy (non-hydrogen) atoms. The van der Waals surface area contributed by atoms with Crippen LogP contribution in [0.4, 0.5) is 0 Å². The molecule has 4 heteroatoms. The summed E-state index contributed by atoms with van der Waals surface area (Å²) in [4.78, 5) is 24.5. The van der Waals surface area contributed by atoms with Crippen molar-refractivity contribution in [3.05, 3.63) is 22.4 Å². The van der Waals surface area contributed by atoms with Crippen LogP contribution in [0.2, 0.25) is 19.6 Å². The minimum atomic E-state index is -1.65. The highest BCUT2D eigenvalue weighted by atomic mass is 28.3. The van der Waals surface area contributed by atoms with Crippen LogP contribution in [0.15, 0.2) is 22.4 Å². The lowest BCUT2D eigenvalue weighted by Crippen LogP contribution is -2.25. The second-order valence-corrected chi connectivity index (χ2v) is 11.2. The summed E-state index contributed by atoms with van der Waals surface area (Å²) < 4.78 is 4.78. The molecule has 1 rings (SSSR count). The predicted molar refractivity (Wildman–Crippen MR) is 79.6 cm³/mol. The number of hydrogen-bond acceptors (Lipinski definition) is 3. The van der Waals surface area contributed by atoms with Gasteiger partial charge in [-0.15, -0.1) is 0 Å². The van der Waals surface area contributed by atoms with Crippen molar-refractivity contribution in [1.82, 2.24) is 0 Å². The van der Waals surface area contributed by atoms with Gasteiger partial charge in [0.2, 0.25) is 0 Å². The molecule has 0 bridgehead atoms. The molecule has 0 saturated carbocycles. The summed E-state index contributed by atoms with van der Waals surface area (Å²) >= 11 is 0. The van der Waals surface area contributed by atoms with Crippen LogP contribution in [-0.2, 0) is 14.3 Å². The third-order valence-electron chi connectivity index (χ3n) is 3.25. The molecule has 106 valence electrons. The average Bonchev–Trinajstić information content (AvgIpc) is 2.34. The van der Waals surface area contributed by atoms with Crippen LogP contribution in [0.25, 0.3) is 0 Å². The number of carbonyl (C=O) groups is 2. The van der Waals surface area contributed by atoms with Crippen molar-refractivity contribution < 1.29 is 14.3 Å². The Morgan fingerprint density at radius 2 is 1.74 bits per heavy atom. The maximum atomic E-state index is 12.6. The minimum Gasteiger partial charge on any atom is -0.465 e. The van der Waals surface area contributed by atoms with Crippen molar-refractivity contribution in [3.63, 3.8) is 0 Å². The van der Waals surface area contributed by atoms with Gasteiger partial charge in [-0.2, -0.15) is 0 Å². The fourth-order valence-electron chi connectivity index (χ4n) is 2.29. The standard InChI is InChI=1S/C15H24O3Si/c1-11-8-6-7-9-12(11)14(16)13(15(17)18-2)10-19(3,4)5/h10H,6-9H2,1-5H3/b13-10-. The zero-order valence-corrected chi connectivity index (χ0v) is 13.6. The van der Waals surface area contributed by atoms with E-state index in [4.69, 9.17) is 4.74 Å². The molecule has 0 radical (unpaired) electrons. The lowest BCUT2D eigenvalue weighted by atomic mass is 9.88. The molecule has 3 nitrogen and oxygen atoms in total. The molecule has 0 aromatic carbocycles. The molecule has 1 aliphatic carbocycles. The summed E-state index contributed by atoms with van der Waals surface area (Å²) in [5, 5.41) is 0. The molecule has 0 atom stereocenters. The Labute approximate surface area is 116 Å². The zero-order chi connectivity index (χ0) is 14.6. The van der Waals surface area contributed by atoms with Crippen LogP contribution >= 0.6 is 0 Å². The van der Waals surface area contributed by atoms with Crippen molar-refractivity contribution >= 4 is 19.8 Å². The number of methoxy groups -OCH3 is 1. The van der Waals surface area contributed by atoms with Crippen LogP contribution in [0.5, 0.6) is 0 Å². The minimum absolute atomic E-state index is 0.119. The summed E-state index contributed by atoms with van der Waals surface area (Å²) in [5.74, 6) is -0.621. The van der Waals surface area contributed by atoms with Gasteiger partial charge >= 0.3 is 5.97 Å². The molecule has 0 aromatic rings. The first-order valence-corrected chi connectivity index (χ1v) is 10.4. The van der Waals surface area contributed by atoms with Gasteiger partial charge in [0.1, 0.15) is 0 Å². The van der Waals surface area contributed by atoms with E-state index in [1.165, 1.54) is 7.11 Å². The molecule has 0 fully saturated rings. The number of ether oxygens (including phenoxy) is 1. The monoisotopic (exact) mass is 280 g/mol. The van der Waals surface area contributed by atoms with Gasteiger partial charge in [0.15, 0.2) is 5.78 Å². The zero-order valence-electron chi connectivity index (χ0n) is 12.6. The topological polar surface area (TPSA) is 43.4 Å². The van der Waals surface area contributed by atoms with Crippen molar-refractivity contribution in [2.75, 3.05) is 7.11 Å². The quantitative estimate of drug-likeness (QED) is 0.260. The molecule has 0 aromatic heterocycles. The number of Topliss-reactive ketones (excluding diaryl/α,β-unsaturated/α-hetero) is 1. The van der Waals surface area contributed by atoms with E-state index in [0.29, 0.717) is 0 Å². The summed E-state index contributed by atoms with van der Waals surface area (Å²) in [6.07, 6.45) is 3.90. The van der Waals surface area contributed by atoms with E-state index >= 15 is 0 Å². The molecule has 0 spiro atoms. The van der Waals surface area contributed by atoms with E-state index in [-0.39, 0.29) is 11.4 Å². The van der Waals surface area contributed by atoms with Gasteiger partial charge in [-0.1, -0.05) is 30.9 Å². The summed E-state index contributed by atoms with van der Waals surface area (Å²) in [5.41, 5.74) is 4.04. The van der Waals surface area contributed by atoms with Gasteiger partial charge in [-0.05, 0) is 38.2 Å². The van der Waals surface area contributed by atoms with Crippen molar-refractivity contribution in [2.45, 2.75) is 52.2 Å². The summed E-state index contributed by atoms with van der Waals surface area (Å²) in [6.45, 7) is 8.30. The van der Waals surface area contributed by atoms with Gasteiger partial charge in [0.05, 0.1) is 20.8 Å². The maximum Gasteiger partial charge on any atom is 0.341 e. The van der Waals surface area contributed by atoms with Crippen molar-refractivity contribution in [3.8, 4) is 0 Å². The Balaban J connectivity index is 3.16. The highest BCUT2D eigenvalue weighted by molar-refractivity contribution is 6.81. The fourth-order valence-corrected chi connectivity index (χ4v) is 3.40. The molecule has 0 aliphatic heterocycles. The number of hydrogen-bond donors (Lipinski definition) is 0. The smallest absolute Gasteiger partial charge is 0.341 e. The summed E-state index contributed by atoms with van der Waals surface area (Å²) in [7, 11) is -0.325. The Kier molecular flexibility index (Phi) is 5.29. The van der Waals surface area contributed by atoms with E-state index in [9.17, 15) is 9.59 Å². The van der Waals surface area contributed by atoms with Crippen LogP contribution in [0.1, 0.15) is 32.6 Å². The third kappa shape index (κ3) is 4.46. The third-order valence-corrected chi connectivity index (χ3v) is 4.40. The van der Waals surface area contributed by atoms with Gasteiger partial charge in [0, 0.05) is 0 Å². The molecule has 0 heterocycles. The number of ketones is 1. The van der Waals surface area contributed by atoms with E-state index < -0.39 is 14.0 Å². The molecular formula is C15H24O3Si. The van der Waals surface area contributed by atoms with Crippen LogP contribution in [-0.4, -0.2) is 26.9 Å². The fraction of sp³-hybridized carbons (Fsp3) is 0.600. The second kappa shape index (κ2) is 6.33. The molecule has 0 unspecified atom stereocenters. The Morgan fingerprint density at radius 3 is 2.21 bits per heavy atom. The van der Waals surface area contributed by atoms with Gasteiger partial charge in [-0.25, -0.2) is 4.79 Å². The van der Waals surface area contributed by atoms with Crippen molar-refractivity contribution in [2.24, 2.45) is 0 Å². The first kappa shape index (κ1) is 15.9. The molecule has 0 saturated heterocycles.